The van der Waals surface area contributed by atoms with E-state index in [1.54, 1.807) is 41.4 Å². The third-order valence-electron chi connectivity index (χ3n) is 2.27. The van der Waals surface area contributed by atoms with E-state index in [-0.39, 0.29) is 5.69 Å². The molecule has 1 heterocycles. The van der Waals surface area contributed by atoms with Crippen LogP contribution in [0.2, 0.25) is 0 Å². The summed E-state index contributed by atoms with van der Waals surface area (Å²) in [5, 5.41) is 14.6. The second-order valence-electron chi connectivity index (χ2n) is 3.53. The molecule has 0 saturated heterocycles. The SMILES string of the molecule is CSc1ccc(/C=N/Nc2ccc([N+](=O)[O-])cc2)s1. The van der Waals surface area contributed by atoms with Crippen molar-refractivity contribution in [1.82, 2.24) is 0 Å². The lowest BCUT2D eigenvalue weighted by atomic mass is 10.3. The van der Waals surface area contributed by atoms with Gasteiger partial charge in [0, 0.05) is 17.0 Å². The third kappa shape index (κ3) is 3.80. The van der Waals surface area contributed by atoms with E-state index in [4.69, 9.17) is 0 Å². The molecule has 7 heteroatoms. The minimum absolute atomic E-state index is 0.0670. The van der Waals surface area contributed by atoms with Crippen LogP contribution in [0.5, 0.6) is 0 Å². The van der Waals surface area contributed by atoms with Crippen LogP contribution in [0, 0.1) is 10.1 Å². The minimum Gasteiger partial charge on any atom is -0.278 e. The van der Waals surface area contributed by atoms with Crippen LogP contribution in [0.3, 0.4) is 0 Å². The summed E-state index contributed by atoms with van der Waals surface area (Å²) in [7, 11) is 0. The van der Waals surface area contributed by atoms with Crippen LogP contribution in [0.15, 0.2) is 45.7 Å². The van der Waals surface area contributed by atoms with Crippen LogP contribution in [0.4, 0.5) is 11.4 Å². The number of hydrazone groups is 1. The first-order chi connectivity index (χ1) is 9.19. The Balaban J connectivity index is 1.96. The van der Waals surface area contributed by atoms with Crippen LogP contribution in [0.1, 0.15) is 4.88 Å². The molecule has 2 rings (SSSR count). The highest BCUT2D eigenvalue weighted by Gasteiger charge is 2.02. The molecule has 98 valence electrons. The van der Waals surface area contributed by atoms with E-state index < -0.39 is 4.92 Å². The standard InChI is InChI=1S/C12H11N3O2S2/c1-18-12-7-6-11(19-12)8-13-14-9-2-4-10(5-3-9)15(16)17/h2-8,14H,1H3/b13-8+. The van der Waals surface area contributed by atoms with Gasteiger partial charge in [-0.05, 0) is 30.5 Å². The number of anilines is 1. The van der Waals surface area contributed by atoms with Crippen molar-refractivity contribution in [3.05, 3.63) is 51.4 Å². The summed E-state index contributed by atoms with van der Waals surface area (Å²) < 4.78 is 1.23. The number of rotatable bonds is 5. The zero-order valence-corrected chi connectivity index (χ0v) is 11.7. The van der Waals surface area contributed by atoms with E-state index in [0.29, 0.717) is 5.69 Å². The molecule has 5 nitrogen and oxygen atoms in total. The Hall–Kier alpha value is -1.86. The van der Waals surface area contributed by atoms with Crippen molar-refractivity contribution < 1.29 is 4.92 Å². The molecule has 1 aromatic carbocycles. The summed E-state index contributed by atoms with van der Waals surface area (Å²) in [5.41, 5.74) is 3.61. The van der Waals surface area contributed by atoms with Gasteiger partial charge in [0.2, 0.25) is 0 Å². The van der Waals surface area contributed by atoms with Gasteiger partial charge in [0.15, 0.2) is 0 Å². The van der Waals surface area contributed by atoms with E-state index in [9.17, 15) is 10.1 Å². The largest absolute Gasteiger partial charge is 0.278 e. The summed E-state index contributed by atoms with van der Waals surface area (Å²) in [6.07, 6.45) is 3.76. The van der Waals surface area contributed by atoms with Gasteiger partial charge < -0.3 is 0 Å². The molecule has 0 saturated carbocycles. The maximum absolute atomic E-state index is 10.5. The fraction of sp³-hybridized carbons (Fsp3) is 0.0833. The van der Waals surface area contributed by atoms with Crippen molar-refractivity contribution in [3.63, 3.8) is 0 Å². The number of nitro groups is 1. The average molecular weight is 293 g/mol. The zero-order valence-electron chi connectivity index (χ0n) is 10.1. The van der Waals surface area contributed by atoms with Crippen molar-refractivity contribution in [2.45, 2.75) is 4.21 Å². The number of benzene rings is 1. The second kappa shape index (κ2) is 6.35. The van der Waals surface area contributed by atoms with Crippen LogP contribution in [0.25, 0.3) is 0 Å². The highest BCUT2D eigenvalue weighted by Crippen LogP contribution is 2.24. The summed E-state index contributed by atoms with van der Waals surface area (Å²) in [6.45, 7) is 0. The van der Waals surface area contributed by atoms with Gasteiger partial charge in [-0.15, -0.1) is 23.1 Å². The molecular formula is C12H11N3O2S2. The molecule has 0 aliphatic carbocycles. The predicted octanol–water partition coefficient (Wildman–Crippen LogP) is 3.82. The second-order valence-corrected chi connectivity index (χ2v) is 5.76. The molecule has 0 amide bonds. The topological polar surface area (TPSA) is 67.5 Å². The highest BCUT2D eigenvalue weighted by molar-refractivity contribution is 8.00. The molecule has 0 fully saturated rings. The lowest BCUT2D eigenvalue weighted by molar-refractivity contribution is -0.384. The maximum atomic E-state index is 10.5. The summed E-state index contributed by atoms with van der Waals surface area (Å²) in [4.78, 5) is 11.1. The van der Waals surface area contributed by atoms with Crippen molar-refractivity contribution in [2.75, 3.05) is 11.7 Å². The Kier molecular flexibility index (Phi) is 4.53. The lowest BCUT2D eigenvalue weighted by Gasteiger charge is -1.98. The third-order valence-corrected chi connectivity index (χ3v) is 4.37. The van der Waals surface area contributed by atoms with Gasteiger partial charge in [0.05, 0.1) is 21.0 Å². The van der Waals surface area contributed by atoms with E-state index in [1.165, 1.54) is 16.3 Å². The van der Waals surface area contributed by atoms with E-state index in [2.05, 4.69) is 10.5 Å². The smallest absolute Gasteiger partial charge is 0.269 e. The van der Waals surface area contributed by atoms with Gasteiger partial charge in [-0.2, -0.15) is 5.10 Å². The van der Waals surface area contributed by atoms with Crippen LogP contribution < -0.4 is 5.43 Å². The molecule has 0 aliphatic rings. The average Bonchev–Trinajstić information content (AvgIpc) is 2.87. The van der Waals surface area contributed by atoms with E-state index in [1.807, 2.05) is 18.4 Å². The number of hydrogen-bond donors (Lipinski definition) is 1. The Morgan fingerprint density at radius 1 is 1.32 bits per heavy atom. The molecule has 1 N–H and O–H groups in total. The van der Waals surface area contributed by atoms with Gasteiger partial charge in [-0.3, -0.25) is 15.5 Å². The first-order valence-corrected chi connectivity index (χ1v) is 7.40. The molecule has 19 heavy (non-hydrogen) atoms. The Morgan fingerprint density at radius 3 is 2.63 bits per heavy atom. The predicted molar refractivity (Wildman–Crippen MR) is 80.4 cm³/mol. The summed E-state index contributed by atoms with van der Waals surface area (Å²) >= 11 is 3.36. The molecule has 0 spiro atoms. The molecule has 0 radical (unpaired) electrons. The molecule has 0 atom stereocenters. The normalized spacial score (nSPS) is 10.8. The number of thioether (sulfide) groups is 1. The molecule has 0 unspecified atom stereocenters. The zero-order chi connectivity index (χ0) is 13.7. The quantitative estimate of drug-likeness (QED) is 0.394. The Labute approximate surface area is 118 Å². The minimum atomic E-state index is -0.428. The van der Waals surface area contributed by atoms with Gasteiger partial charge in [-0.1, -0.05) is 0 Å². The summed E-state index contributed by atoms with van der Waals surface area (Å²) in [6, 6.07) is 10.2. The lowest BCUT2D eigenvalue weighted by Crippen LogP contribution is -1.91. The van der Waals surface area contributed by atoms with Gasteiger partial charge in [-0.25, -0.2) is 0 Å². The van der Waals surface area contributed by atoms with Crippen molar-refractivity contribution in [1.29, 1.82) is 0 Å². The van der Waals surface area contributed by atoms with E-state index >= 15 is 0 Å². The molecule has 0 aliphatic heterocycles. The van der Waals surface area contributed by atoms with Gasteiger partial charge in [0.1, 0.15) is 0 Å². The fourth-order valence-corrected chi connectivity index (χ4v) is 2.78. The van der Waals surface area contributed by atoms with Gasteiger partial charge >= 0.3 is 0 Å². The molecular weight excluding hydrogens is 282 g/mol. The van der Waals surface area contributed by atoms with E-state index in [0.717, 1.165) is 4.88 Å². The monoisotopic (exact) mass is 293 g/mol. The van der Waals surface area contributed by atoms with Crippen LogP contribution in [-0.4, -0.2) is 17.4 Å². The van der Waals surface area contributed by atoms with Crippen molar-refractivity contribution in [3.8, 4) is 0 Å². The van der Waals surface area contributed by atoms with Crippen LogP contribution in [-0.2, 0) is 0 Å². The number of non-ortho nitro benzene ring substituents is 1. The molecule has 1 aromatic heterocycles. The van der Waals surface area contributed by atoms with Crippen molar-refractivity contribution in [2.24, 2.45) is 5.10 Å². The first kappa shape index (κ1) is 13.6. The van der Waals surface area contributed by atoms with Crippen molar-refractivity contribution >= 4 is 40.7 Å². The molecule has 2 aromatic rings. The highest BCUT2D eigenvalue weighted by atomic mass is 32.2. The Bertz CT molecular complexity index is 593. The van der Waals surface area contributed by atoms with Gasteiger partial charge in [0.25, 0.3) is 5.69 Å². The Morgan fingerprint density at radius 2 is 2.05 bits per heavy atom. The number of thiophene rings is 1. The maximum Gasteiger partial charge on any atom is 0.269 e. The first-order valence-electron chi connectivity index (χ1n) is 5.36. The van der Waals surface area contributed by atoms with Crippen LogP contribution >= 0.6 is 23.1 Å². The summed E-state index contributed by atoms with van der Waals surface area (Å²) in [5.74, 6) is 0. The number of hydrogen-bond acceptors (Lipinski definition) is 6. The number of nitrogens with zero attached hydrogens (tertiary/aromatic N) is 2. The number of nitro benzene ring substituents is 1. The fourth-order valence-electron chi connectivity index (χ4n) is 1.34. The number of nitrogens with one attached hydrogen (secondary N) is 1. The molecule has 0 bridgehead atoms.